The summed E-state index contributed by atoms with van der Waals surface area (Å²) in [5, 5.41) is 14.7. The lowest BCUT2D eigenvalue weighted by Gasteiger charge is -2.52. The van der Waals surface area contributed by atoms with Crippen LogP contribution in [0.25, 0.3) is 32.8 Å². The Balaban J connectivity index is 1.10. The lowest BCUT2D eigenvalue weighted by atomic mass is 9.92. The number of aromatic nitrogens is 2. The van der Waals surface area contributed by atoms with Crippen molar-refractivity contribution in [1.82, 2.24) is 20.2 Å². The highest BCUT2D eigenvalue weighted by Crippen LogP contribution is 2.48. The average molecular weight is 648 g/mol. The Morgan fingerprint density at radius 1 is 0.936 bits per heavy atom. The highest BCUT2D eigenvalue weighted by atomic mass is 19.2. The molecule has 2 atom stereocenters. The molecule has 5 fully saturated rings. The Labute approximate surface area is 269 Å². The molecule has 4 aliphatic heterocycles. The van der Waals surface area contributed by atoms with Gasteiger partial charge < -0.3 is 29.5 Å². The fraction of sp³-hybridized carbons (Fsp3) is 0.486. The molecule has 1 aliphatic carbocycles. The Hall–Kier alpha value is -3.71. The molecule has 47 heavy (non-hydrogen) atoms. The van der Waals surface area contributed by atoms with Gasteiger partial charge in [0.15, 0.2) is 17.5 Å². The van der Waals surface area contributed by atoms with E-state index in [1.54, 1.807) is 6.07 Å². The molecule has 0 amide bonds. The summed E-state index contributed by atoms with van der Waals surface area (Å²) in [7, 11) is 0. The number of anilines is 1. The van der Waals surface area contributed by atoms with E-state index < -0.39 is 17.5 Å². The van der Waals surface area contributed by atoms with Gasteiger partial charge >= 0.3 is 6.01 Å². The van der Waals surface area contributed by atoms with Gasteiger partial charge in [0.1, 0.15) is 17.1 Å². The van der Waals surface area contributed by atoms with Gasteiger partial charge in [-0.3, -0.25) is 4.90 Å². The quantitative estimate of drug-likeness (QED) is 0.294. The number of morpholine rings is 1. The number of rotatable bonds is 7. The van der Waals surface area contributed by atoms with E-state index in [4.69, 9.17) is 19.2 Å². The molecule has 2 unspecified atom stereocenters. The summed E-state index contributed by atoms with van der Waals surface area (Å²) in [5.74, 6) is -2.47. The van der Waals surface area contributed by atoms with Crippen LogP contribution in [0.5, 0.6) is 11.8 Å². The van der Waals surface area contributed by atoms with E-state index in [0.717, 1.165) is 57.9 Å². The molecule has 9 rings (SSSR count). The third kappa shape index (κ3) is 4.99. The van der Waals surface area contributed by atoms with Crippen molar-refractivity contribution in [3.8, 4) is 22.9 Å². The van der Waals surface area contributed by atoms with E-state index >= 15 is 8.78 Å². The van der Waals surface area contributed by atoms with Gasteiger partial charge in [0.25, 0.3) is 0 Å². The normalized spacial score (nSPS) is 24.6. The number of nitrogens with zero attached hydrogens (tertiary/aromatic N) is 4. The molecule has 1 aromatic heterocycles. The number of phenols is 1. The molecule has 12 heteroatoms. The van der Waals surface area contributed by atoms with Crippen LogP contribution >= 0.6 is 0 Å². The number of benzene rings is 3. The Morgan fingerprint density at radius 3 is 2.47 bits per heavy atom. The largest absolute Gasteiger partial charge is 0.508 e. The minimum Gasteiger partial charge on any atom is -0.508 e. The van der Waals surface area contributed by atoms with E-state index in [2.05, 4.69) is 20.1 Å². The van der Waals surface area contributed by atoms with E-state index in [0.29, 0.717) is 56.3 Å². The van der Waals surface area contributed by atoms with Crippen LogP contribution in [0, 0.1) is 22.9 Å². The monoisotopic (exact) mass is 647 g/mol. The molecule has 2 bridgehead atoms. The molecule has 0 radical (unpaired) electrons. The van der Waals surface area contributed by atoms with Gasteiger partial charge in [0.2, 0.25) is 0 Å². The maximum absolute atomic E-state index is 16.8. The van der Waals surface area contributed by atoms with Crippen LogP contribution < -0.4 is 15.0 Å². The van der Waals surface area contributed by atoms with Gasteiger partial charge in [-0.25, -0.2) is 13.2 Å². The van der Waals surface area contributed by atoms with Gasteiger partial charge in [-0.15, -0.1) is 0 Å². The first kappa shape index (κ1) is 29.4. The highest BCUT2D eigenvalue weighted by molar-refractivity contribution is 6.01. The average Bonchev–Trinajstić information content (AvgIpc) is 3.74. The van der Waals surface area contributed by atoms with Crippen molar-refractivity contribution in [1.29, 1.82) is 0 Å². The topological polar surface area (TPSA) is 92.2 Å². The number of halogens is 3. The van der Waals surface area contributed by atoms with Crippen LogP contribution in [0.2, 0.25) is 0 Å². The molecule has 2 N–H and O–H groups in total. The van der Waals surface area contributed by atoms with Crippen LogP contribution in [0.15, 0.2) is 36.4 Å². The second-order valence-corrected chi connectivity index (χ2v) is 14.1. The molecule has 3 aromatic carbocycles. The number of ether oxygens (including phenoxy) is 3. The van der Waals surface area contributed by atoms with Gasteiger partial charge in [0, 0.05) is 60.0 Å². The van der Waals surface area contributed by atoms with Crippen molar-refractivity contribution in [3.05, 3.63) is 53.8 Å². The summed E-state index contributed by atoms with van der Waals surface area (Å²) in [5.41, 5.74) is -0.0616. The summed E-state index contributed by atoms with van der Waals surface area (Å²) >= 11 is 0. The molecular formula is C35H36F3N5O4. The number of aromatic hydroxyl groups is 1. The second-order valence-electron chi connectivity index (χ2n) is 14.1. The van der Waals surface area contributed by atoms with Crippen molar-refractivity contribution in [3.63, 3.8) is 0 Å². The molecule has 5 aliphatic rings. The number of hydrogen-bond donors (Lipinski definition) is 2. The Bertz CT molecular complexity index is 1890. The first-order valence-electron chi connectivity index (χ1n) is 16.5. The third-order valence-electron chi connectivity index (χ3n) is 10.8. The van der Waals surface area contributed by atoms with E-state index in [9.17, 15) is 9.50 Å². The summed E-state index contributed by atoms with van der Waals surface area (Å²) in [4.78, 5) is 14.1. The molecule has 1 saturated carbocycles. The van der Waals surface area contributed by atoms with Crippen molar-refractivity contribution in [2.75, 3.05) is 64.1 Å². The summed E-state index contributed by atoms with van der Waals surface area (Å²) in [6.45, 7) is 6.22. The van der Waals surface area contributed by atoms with Crippen molar-refractivity contribution >= 4 is 27.5 Å². The summed E-state index contributed by atoms with van der Waals surface area (Å²) in [6, 6.07) is 8.91. The first-order valence-corrected chi connectivity index (χ1v) is 16.5. The highest BCUT2D eigenvalue weighted by Gasteiger charge is 2.52. The van der Waals surface area contributed by atoms with Gasteiger partial charge in [-0.1, -0.05) is 12.1 Å². The fourth-order valence-electron chi connectivity index (χ4n) is 7.97. The fourth-order valence-corrected chi connectivity index (χ4v) is 7.97. The molecule has 9 nitrogen and oxygen atoms in total. The minimum atomic E-state index is -1.11. The lowest BCUT2D eigenvalue weighted by molar-refractivity contribution is -0.201. The van der Waals surface area contributed by atoms with Gasteiger partial charge in [-0.2, -0.15) is 9.97 Å². The van der Waals surface area contributed by atoms with Gasteiger partial charge in [-0.05, 0) is 60.9 Å². The zero-order valence-electron chi connectivity index (χ0n) is 25.9. The van der Waals surface area contributed by atoms with Gasteiger partial charge in [0.05, 0.1) is 38.6 Å². The molecule has 4 saturated heterocycles. The molecule has 4 aromatic rings. The van der Waals surface area contributed by atoms with Crippen molar-refractivity contribution in [2.24, 2.45) is 5.41 Å². The van der Waals surface area contributed by atoms with Crippen LogP contribution in [0.3, 0.4) is 0 Å². The van der Waals surface area contributed by atoms with E-state index in [-0.39, 0.29) is 50.1 Å². The smallest absolute Gasteiger partial charge is 0.319 e. The molecule has 5 heterocycles. The maximum Gasteiger partial charge on any atom is 0.319 e. The van der Waals surface area contributed by atoms with Crippen LogP contribution in [-0.4, -0.2) is 96.8 Å². The number of hydrogen-bond acceptors (Lipinski definition) is 9. The zero-order valence-corrected chi connectivity index (χ0v) is 25.9. The SMILES string of the molecule is Oc1cc(-c2ccc3c(N4CC5CCC(C4)N5)nc(OCC4(CN5CCOCC56COC6)CC4)nc3c2F)c2c(F)c(F)ccc2c1. The molecule has 1 spiro atoms. The maximum atomic E-state index is 16.8. The van der Waals surface area contributed by atoms with Crippen molar-refractivity contribution in [2.45, 2.75) is 43.3 Å². The first-order chi connectivity index (χ1) is 22.8. The summed E-state index contributed by atoms with van der Waals surface area (Å²) < 4.78 is 64.0. The summed E-state index contributed by atoms with van der Waals surface area (Å²) in [6.07, 6.45) is 4.15. The molecule has 246 valence electrons. The van der Waals surface area contributed by atoms with E-state index in [1.807, 2.05) is 0 Å². The Kier molecular flexibility index (Phi) is 6.83. The predicted molar refractivity (Wildman–Crippen MR) is 169 cm³/mol. The predicted octanol–water partition coefficient (Wildman–Crippen LogP) is 4.77. The number of nitrogens with one attached hydrogen (secondary N) is 1. The standard InChI is InChI=1S/C35H36F3N5O4/c36-27-6-1-20-11-23(44)12-26(28(20)30(27)38)24-4-5-25-31(29(24)37)40-33(41-32(25)42-13-21-2-3-22(14-42)39-21)47-16-34(7-8-34)15-43-9-10-45-17-35(43)18-46-19-35/h1,4-6,11-12,21-22,39,44H,2-3,7-10,13-19H2. The lowest BCUT2D eigenvalue weighted by Crippen LogP contribution is -2.68. The van der Waals surface area contributed by atoms with Crippen LogP contribution in [0.1, 0.15) is 25.7 Å². The zero-order chi connectivity index (χ0) is 31.9. The van der Waals surface area contributed by atoms with Crippen LogP contribution in [-0.2, 0) is 9.47 Å². The number of piperazine rings is 1. The Morgan fingerprint density at radius 2 is 1.72 bits per heavy atom. The third-order valence-corrected chi connectivity index (χ3v) is 10.8. The second kappa shape index (κ2) is 10.9. The van der Waals surface area contributed by atoms with E-state index in [1.165, 1.54) is 24.3 Å². The number of phenolic OH excluding ortho intramolecular Hbond substituents is 1. The van der Waals surface area contributed by atoms with Crippen molar-refractivity contribution < 1.29 is 32.5 Å². The number of fused-ring (bicyclic) bond motifs is 4. The molecular weight excluding hydrogens is 611 g/mol. The minimum absolute atomic E-state index is 0.00197. The van der Waals surface area contributed by atoms with Crippen LogP contribution in [0.4, 0.5) is 19.0 Å².